The number of hydrogen-bond donors (Lipinski definition) is 1. The smallest absolute Gasteiger partial charge is 0.151 e. The Morgan fingerprint density at radius 3 is 3.00 bits per heavy atom. The van der Waals surface area contributed by atoms with Crippen LogP contribution in [0, 0.1) is 0 Å². The van der Waals surface area contributed by atoms with Gasteiger partial charge in [-0.2, -0.15) is 11.8 Å². The van der Waals surface area contributed by atoms with E-state index in [-0.39, 0.29) is 0 Å². The molecule has 0 radical (unpaired) electrons. The largest absolute Gasteiger partial charge is 0.360 e. The van der Waals surface area contributed by atoms with Crippen LogP contribution in [0.5, 0.6) is 0 Å². The summed E-state index contributed by atoms with van der Waals surface area (Å²) in [6.45, 7) is 7.02. The summed E-state index contributed by atoms with van der Waals surface area (Å²) in [6.07, 6.45) is 3.27. The van der Waals surface area contributed by atoms with Gasteiger partial charge in [0.2, 0.25) is 0 Å². The molecule has 1 heterocycles. The first-order chi connectivity index (χ1) is 8.67. The number of aromatic nitrogens is 1. The number of hydrogen-bond acceptors (Lipinski definition) is 5. The van der Waals surface area contributed by atoms with Crippen molar-refractivity contribution in [2.45, 2.75) is 39.4 Å². The van der Waals surface area contributed by atoms with Gasteiger partial charge in [0.1, 0.15) is 0 Å². The number of thioether (sulfide) groups is 1. The highest BCUT2D eigenvalue weighted by molar-refractivity contribution is 7.98. The van der Waals surface area contributed by atoms with Gasteiger partial charge in [0.05, 0.1) is 12.2 Å². The molecule has 0 aliphatic heterocycles. The molecule has 0 saturated carbocycles. The minimum Gasteiger partial charge on any atom is -0.360 e. The highest BCUT2D eigenvalue weighted by atomic mass is 32.2. The highest BCUT2D eigenvalue weighted by Crippen LogP contribution is 2.10. The molecule has 0 bridgehead atoms. The third kappa shape index (κ3) is 5.42. The van der Waals surface area contributed by atoms with Crippen LogP contribution in [-0.2, 0) is 13.1 Å². The van der Waals surface area contributed by atoms with E-state index in [0.717, 1.165) is 43.3 Å². The van der Waals surface area contributed by atoms with Crippen LogP contribution in [0.25, 0.3) is 0 Å². The lowest BCUT2D eigenvalue weighted by molar-refractivity contribution is 0.233. The molecule has 1 aromatic heterocycles. The summed E-state index contributed by atoms with van der Waals surface area (Å²) in [6, 6.07) is 2.59. The van der Waals surface area contributed by atoms with Crippen LogP contribution in [0.3, 0.4) is 0 Å². The molecule has 1 unspecified atom stereocenters. The second-order valence-corrected chi connectivity index (χ2v) is 5.59. The van der Waals surface area contributed by atoms with Crippen LogP contribution < -0.4 is 5.32 Å². The molecule has 0 amide bonds. The molecular formula is C13H25N3OS. The van der Waals surface area contributed by atoms with E-state index in [1.54, 1.807) is 0 Å². The number of nitrogens with zero attached hydrogens (tertiary/aromatic N) is 2. The molecule has 0 aliphatic rings. The number of rotatable bonds is 9. The molecule has 0 saturated heterocycles. The highest BCUT2D eigenvalue weighted by Gasteiger charge is 2.12. The molecule has 104 valence electrons. The molecule has 0 aliphatic carbocycles. The standard InChI is InChI=1S/C13H25N3OS/c1-5-6-14-8-12-7-13(17-15-12)9-16(3)11(2)10-18-4/h7,11,14H,5-6,8-10H2,1-4H3. The molecule has 5 heteroatoms. The van der Waals surface area contributed by atoms with E-state index in [1.807, 2.05) is 17.8 Å². The Bertz CT molecular complexity index is 330. The van der Waals surface area contributed by atoms with Gasteiger partial charge in [-0.15, -0.1) is 0 Å². The molecule has 0 spiro atoms. The maximum Gasteiger partial charge on any atom is 0.151 e. The summed E-state index contributed by atoms with van der Waals surface area (Å²) in [4.78, 5) is 2.29. The van der Waals surface area contributed by atoms with Crippen molar-refractivity contribution in [3.8, 4) is 0 Å². The first-order valence-electron chi connectivity index (χ1n) is 6.51. The minimum absolute atomic E-state index is 0.548. The zero-order chi connectivity index (χ0) is 13.4. The summed E-state index contributed by atoms with van der Waals surface area (Å²) >= 11 is 1.87. The normalized spacial score (nSPS) is 13.2. The fraction of sp³-hybridized carbons (Fsp3) is 0.769. The minimum atomic E-state index is 0.548. The molecule has 0 fully saturated rings. The van der Waals surface area contributed by atoms with Crippen molar-refractivity contribution in [3.05, 3.63) is 17.5 Å². The zero-order valence-corrected chi connectivity index (χ0v) is 12.7. The average Bonchev–Trinajstić information content (AvgIpc) is 2.77. The van der Waals surface area contributed by atoms with Crippen molar-refractivity contribution in [2.75, 3.05) is 25.6 Å². The van der Waals surface area contributed by atoms with Crippen LogP contribution in [0.15, 0.2) is 10.6 Å². The fourth-order valence-corrected chi connectivity index (χ4v) is 2.41. The van der Waals surface area contributed by atoms with Crippen LogP contribution >= 0.6 is 11.8 Å². The van der Waals surface area contributed by atoms with Gasteiger partial charge in [-0.3, -0.25) is 4.90 Å². The summed E-state index contributed by atoms with van der Waals surface area (Å²) in [5.74, 6) is 2.08. The van der Waals surface area contributed by atoms with E-state index in [1.165, 1.54) is 0 Å². The van der Waals surface area contributed by atoms with Crippen LogP contribution in [0.1, 0.15) is 31.7 Å². The first kappa shape index (κ1) is 15.5. The maximum absolute atomic E-state index is 5.36. The molecule has 1 rings (SSSR count). The Morgan fingerprint density at radius 1 is 1.56 bits per heavy atom. The van der Waals surface area contributed by atoms with Crippen LogP contribution in [0.4, 0.5) is 0 Å². The van der Waals surface area contributed by atoms with Gasteiger partial charge in [0.15, 0.2) is 5.76 Å². The molecule has 4 nitrogen and oxygen atoms in total. The van der Waals surface area contributed by atoms with Crippen LogP contribution in [-0.4, -0.2) is 41.7 Å². The molecule has 1 aromatic rings. The van der Waals surface area contributed by atoms with E-state index in [0.29, 0.717) is 6.04 Å². The van der Waals surface area contributed by atoms with E-state index < -0.39 is 0 Å². The third-order valence-corrected chi connectivity index (χ3v) is 3.72. The van der Waals surface area contributed by atoms with Crippen molar-refractivity contribution in [1.82, 2.24) is 15.4 Å². The van der Waals surface area contributed by atoms with Crippen molar-refractivity contribution in [1.29, 1.82) is 0 Å². The predicted molar refractivity (Wildman–Crippen MR) is 77.8 cm³/mol. The van der Waals surface area contributed by atoms with Crippen molar-refractivity contribution in [3.63, 3.8) is 0 Å². The SMILES string of the molecule is CCCNCc1cc(CN(C)C(C)CSC)on1. The van der Waals surface area contributed by atoms with Gasteiger partial charge in [-0.05, 0) is 33.2 Å². The molecule has 1 N–H and O–H groups in total. The van der Waals surface area contributed by atoms with Gasteiger partial charge in [0.25, 0.3) is 0 Å². The molecular weight excluding hydrogens is 246 g/mol. The van der Waals surface area contributed by atoms with Gasteiger partial charge in [-0.1, -0.05) is 12.1 Å². The zero-order valence-electron chi connectivity index (χ0n) is 11.9. The fourth-order valence-electron chi connectivity index (χ4n) is 1.68. The number of nitrogens with one attached hydrogen (secondary N) is 1. The van der Waals surface area contributed by atoms with Crippen molar-refractivity contribution < 1.29 is 4.52 Å². The van der Waals surface area contributed by atoms with E-state index in [9.17, 15) is 0 Å². The van der Waals surface area contributed by atoms with Gasteiger partial charge < -0.3 is 9.84 Å². The summed E-state index contributed by atoms with van der Waals surface area (Å²) in [7, 11) is 2.12. The molecule has 0 aromatic carbocycles. The third-order valence-electron chi connectivity index (χ3n) is 2.91. The Labute approximate surface area is 114 Å². The summed E-state index contributed by atoms with van der Waals surface area (Å²) in [5.41, 5.74) is 0.990. The van der Waals surface area contributed by atoms with Crippen molar-refractivity contribution in [2.24, 2.45) is 0 Å². The lowest BCUT2D eigenvalue weighted by Crippen LogP contribution is -2.30. The van der Waals surface area contributed by atoms with E-state index >= 15 is 0 Å². The van der Waals surface area contributed by atoms with E-state index in [4.69, 9.17) is 4.52 Å². The Morgan fingerprint density at radius 2 is 2.33 bits per heavy atom. The Balaban J connectivity index is 2.38. The van der Waals surface area contributed by atoms with Crippen LogP contribution in [0.2, 0.25) is 0 Å². The second kappa shape index (κ2) is 8.56. The second-order valence-electron chi connectivity index (χ2n) is 4.68. The van der Waals surface area contributed by atoms with Crippen molar-refractivity contribution >= 4 is 11.8 Å². The lowest BCUT2D eigenvalue weighted by atomic mass is 10.3. The van der Waals surface area contributed by atoms with E-state index in [2.05, 4.69) is 42.5 Å². The predicted octanol–water partition coefficient (Wildman–Crippen LogP) is 2.36. The summed E-state index contributed by atoms with van der Waals surface area (Å²) in [5, 5.41) is 7.40. The maximum atomic E-state index is 5.36. The topological polar surface area (TPSA) is 41.3 Å². The Kier molecular flexibility index (Phi) is 7.39. The lowest BCUT2D eigenvalue weighted by Gasteiger charge is -2.22. The monoisotopic (exact) mass is 271 g/mol. The van der Waals surface area contributed by atoms with Gasteiger partial charge in [0, 0.05) is 24.4 Å². The molecule has 1 atom stereocenters. The van der Waals surface area contributed by atoms with Gasteiger partial charge >= 0.3 is 0 Å². The van der Waals surface area contributed by atoms with Gasteiger partial charge in [-0.25, -0.2) is 0 Å². The Hall–Kier alpha value is -0.520. The first-order valence-corrected chi connectivity index (χ1v) is 7.91. The molecule has 18 heavy (non-hydrogen) atoms. The summed E-state index contributed by atoms with van der Waals surface area (Å²) < 4.78 is 5.36. The quantitative estimate of drug-likeness (QED) is 0.698. The average molecular weight is 271 g/mol.